The molecule has 0 aliphatic rings. The average Bonchev–Trinajstić information content (AvgIpc) is 2.26. The van der Waals surface area contributed by atoms with Gasteiger partial charge in [0.05, 0.1) is 7.11 Å². The largest absolute Gasteiger partial charge is 0.468 e. The molecule has 0 fully saturated rings. The lowest BCUT2D eigenvalue weighted by molar-refractivity contribution is -0.143. The minimum absolute atomic E-state index is 0.203. The van der Waals surface area contributed by atoms with Crippen LogP contribution in [0.3, 0.4) is 0 Å². The number of aryl methyl sites for hydroxylation is 1. The first-order chi connectivity index (χ1) is 7.06. The number of ketones is 1. The summed E-state index contributed by atoms with van der Waals surface area (Å²) in [5.74, 6) is -1.44. The smallest absolute Gasteiger partial charge is 0.316 e. The number of carbonyl (C=O) groups is 2. The molecule has 0 aliphatic carbocycles. The van der Waals surface area contributed by atoms with E-state index in [2.05, 4.69) is 4.74 Å². The Bertz CT molecular complexity index is 382. The van der Waals surface area contributed by atoms with E-state index in [1.165, 1.54) is 7.11 Å². The van der Waals surface area contributed by atoms with Gasteiger partial charge in [-0.05, 0) is 19.9 Å². The van der Waals surface area contributed by atoms with E-state index in [0.29, 0.717) is 5.56 Å². The molecule has 1 rings (SSSR count). The molecule has 1 aromatic carbocycles. The third-order valence-corrected chi connectivity index (χ3v) is 2.25. The Kier molecular flexibility index (Phi) is 3.61. The maximum absolute atomic E-state index is 11.8. The zero-order valence-electron chi connectivity index (χ0n) is 9.11. The molecule has 0 saturated heterocycles. The van der Waals surface area contributed by atoms with E-state index in [4.69, 9.17) is 0 Å². The molecule has 3 nitrogen and oxygen atoms in total. The fraction of sp³-hybridized carbons (Fsp3) is 0.333. The lowest BCUT2D eigenvalue weighted by atomic mass is 9.98. The van der Waals surface area contributed by atoms with Crippen LogP contribution in [0.4, 0.5) is 0 Å². The highest BCUT2D eigenvalue weighted by Gasteiger charge is 2.23. The van der Waals surface area contributed by atoms with Crippen LogP contribution in [0.15, 0.2) is 24.3 Å². The topological polar surface area (TPSA) is 43.4 Å². The summed E-state index contributed by atoms with van der Waals surface area (Å²) in [6, 6.07) is 7.17. The van der Waals surface area contributed by atoms with Crippen LogP contribution in [0.25, 0.3) is 0 Å². The number of ether oxygens (including phenoxy) is 1. The van der Waals surface area contributed by atoms with Crippen molar-refractivity contribution in [3.63, 3.8) is 0 Å². The van der Waals surface area contributed by atoms with Crippen LogP contribution in [0.1, 0.15) is 22.8 Å². The number of hydrogen-bond acceptors (Lipinski definition) is 3. The number of benzene rings is 1. The van der Waals surface area contributed by atoms with Gasteiger partial charge in [-0.2, -0.15) is 0 Å². The molecule has 0 spiro atoms. The summed E-state index contributed by atoms with van der Waals surface area (Å²) in [6.07, 6.45) is 0. The first-order valence-electron chi connectivity index (χ1n) is 4.75. The quantitative estimate of drug-likeness (QED) is 0.431. The summed E-state index contributed by atoms with van der Waals surface area (Å²) < 4.78 is 4.53. The summed E-state index contributed by atoms with van der Waals surface area (Å²) in [6.45, 7) is 3.45. The van der Waals surface area contributed by atoms with Crippen LogP contribution < -0.4 is 0 Å². The molecule has 0 aromatic heterocycles. The van der Waals surface area contributed by atoms with Gasteiger partial charge in [-0.1, -0.05) is 23.8 Å². The molecular formula is C12H14O3. The normalized spacial score (nSPS) is 11.9. The molecular weight excluding hydrogens is 192 g/mol. The van der Waals surface area contributed by atoms with Gasteiger partial charge in [0, 0.05) is 5.56 Å². The van der Waals surface area contributed by atoms with Crippen molar-refractivity contribution >= 4 is 11.8 Å². The third kappa shape index (κ3) is 2.65. The van der Waals surface area contributed by atoms with Gasteiger partial charge >= 0.3 is 5.97 Å². The lowest BCUT2D eigenvalue weighted by Gasteiger charge is -2.08. The molecule has 0 aliphatic heterocycles. The maximum atomic E-state index is 11.8. The molecule has 0 saturated carbocycles. The summed E-state index contributed by atoms with van der Waals surface area (Å²) >= 11 is 0. The summed E-state index contributed by atoms with van der Waals surface area (Å²) in [4.78, 5) is 23.0. The van der Waals surface area contributed by atoms with Crippen molar-refractivity contribution in [1.82, 2.24) is 0 Å². The van der Waals surface area contributed by atoms with E-state index >= 15 is 0 Å². The molecule has 0 radical (unpaired) electrons. The van der Waals surface area contributed by atoms with Gasteiger partial charge in [0.1, 0.15) is 5.92 Å². The minimum atomic E-state index is -0.739. The van der Waals surface area contributed by atoms with Gasteiger partial charge in [0.15, 0.2) is 5.78 Å². The zero-order valence-corrected chi connectivity index (χ0v) is 9.11. The summed E-state index contributed by atoms with van der Waals surface area (Å²) in [5, 5.41) is 0. The Labute approximate surface area is 89.1 Å². The first-order valence-corrected chi connectivity index (χ1v) is 4.75. The highest BCUT2D eigenvalue weighted by Crippen LogP contribution is 2.11. The van der Waals surface area contributed by atoms with Gasteiger partial charge in [-0.3, -0.25) is 9.59 Å². The minimum Gasteiger partial charge on any atom is -0.468 e. The molecule has 15 heavy (non-hydrogen) atoms. The second kappa shape index (κ2) is 4.73. The van der Waals surface area contributed by atoms with Crippen LogP contribution in [0.5, 0.6) is 0 Å². The van der Waals surface area contributed by atoms with Crippen LogP contribution in [-0.2, 0) is 9.53 Å². The predicted octanol–water partition coefficient (Wildman–Crippen LogP) is 1.99. The van der Waals surface area contributed by atoms with Crippen LogP contribution in [0, 0.1) is 12.8 Å². The van der Waals surface area contributed by atoms with Gasteiger partial charge in [0.2, 0.25) is 0 Å². The number of methoxy groups -OCH3 is 1. The molecule has 0 amide bonds. The number of rotatable bonds is 3. The summed E-state index contributed by atoms with van der Waals surface area (Å²) in [5.41, 5.74) is 1.55. The van der Waals surface area contributed by atoms with Crippen molar-refractivity contribution in [2.75, 3.05) is 7.11 Å². The molecule has 80 valence electrons. The Morgan fingerprint density at radius 3 is 2.53 bits per heavy atom. The first kappa shape index (κ1) is 11.4. The van der Waals surface area contributed by atoms with Gasteiger partial charge in [-0.25, -0.2) is 0 Å². The SMILES string of the molecule is COC(=O)C(C)C(=O)c1cccc(C)c1. The Morgan fingerprint density at radius 2 is 2.00 bits per heavy atom. The summed E-state index contributed by atoms with van der Waals surface area (Å²) in [7, 11) is 1.28. The van der Waals surface area contributed by atoms with E-state index in [0.717, 1.165) is 5.56 Å². The third-order valence-electron chi connectivity index (χ3n) is 2.25. The Hall–Kier alpha value is -1.64. The van der Waals surface area contributed by atoms with Crippen molar-refractivity contribution in [2.24, 2.45) is 5.92 Å². The lowest BCUT2D eigenvalue weighted by Crippen LogP contribution is -2.22. The zero-order chi connectivity index (χ0) is 11.4. The van der Waals surface area contributed by atoms with E-state index in [-0.39, 0.29) is 5.78 Å². The molecule has 1 aromatic rings. The maximum Gasteiger partial charge on any atom is 0.316 e. The van der Waals surface area contributed by atoms with E-state index < -0.39 is 11.9 Å². The molecule has 1 atom stereocenters. The van der Waals surface area contributed by atoms with Gasteiger partial charge < -0.3 is 4.74 Å². The number of Topliss-reactive ketones (excluding diaryl/α,β-unsaturated/α-hetero) is 1. The van der Waals surface area contributed by atoms with Crippen molar-refractivity contribution in [3.05, 3.63) is 35.4 Å². The number of esters is 1. The fourth-order valence-electron chi connectivity index (χ4n) is 1.33. The standard InChI is InChI=1S/C12H14O3/c1-8-5-4-6-10(7-8)11(13)9(2)12(14)15-3/h4-7,9H,1-3H3. The van der Waals surface area contributed by atoms with E-state index in [1.807, 2.05) is 13.0 Å². The van der Waals surface area contributed by atoms with Crippen molar-refractivity contribution in [2.45, 2.75) is 13.8 Å². The fourth-order valence-corrected chi connectivity index (χ4v) is 1.33. The molecule has 0 heterocycles. The Morgan fingerprint density at radius 1 is 1.33 bits per heavy atom. The number of carbonyl (C=O) groups excluding carboxylic acids is 2. The van der Waals surface area contributed by atoms with E-state index in [9.17, 15) is 9.59 Å². The average molecular weight is 206 g/mol. The van der Waals surface area contributed by atoms with E-state index in [1.54, 1.807) is 25.1 Å². The monoisotopic (exact) mass is 206 g/mol. The second-order valence-electron chi connectivity index (χ2n) is 3.48. The van der Waals surface area contributed by atoms with Crippen molar-refractivity contribution in [3.8, 4) is 0 Å². The van der Waals surface area contributed by atoms with Crippen molar-refractivity contribution in [1.29, 1.82) is 0 Å². The van der Waals surface area contributed by atoms with Crippen LogP contribution >= 0.6 is 0 Å². The second-order valence-corrected chi connectivity index (χ2v) is 3.48. The molecule has 0 bridgehead atoms. The molecule has 0 N–H and O–H groups in total. The molecule has 1 unspecified atom stereocenters. The highest BCUT2D eigenvalue weighted by molar-refractivity contribution is 6.08. The van der Waals surface area contributed by atoms with Gasteiger partial charge in [-0.15, -0.1) is 0 Å². The Balaban J connectivity index is 2.90. The molecule has 3 heteroatoms. The highest BCUT2D eigenvalue weighted by atomic mass is 16.5. The van der Waals surface area contributed by atoms with Gasteiger partial charge in [0.25, 0.3) is 0 Å². The van der Waals surface area contributed by atoms with Crippen molar-refractivity contribution < 1.29 is 14.3 Å². The number of hydrogen-bond donors (Lipinski definition) is 0. The van der Waals surface area contributed by atoms with Crippen LogP contribution in [-0.4, -0.2) is 18.9 Å². The van der Waals surface area contributed by atoms with Crippen LogP contribution in [0.2, 0.25) is 0 Å². The predicted molar refractivity (Wildman–Crippen MR) is 56.7 cm³/mol.